The molecule has 0 nitrogen and oxygen atoms in total. The average Bonchev–Trinajstić information content (AvgIpc) is 2.55. The van der Waals surface area contributed by atoms with E-state index in [2.05, 4.69) is 61.5 Å². The molecule has 21 heavy (non-hydrogen) atoms. The Kier molecular flexibility index (Phi) is 7.24. The van der Waals surface area contributed by atoms with Crippen LogP contribution in [0, 0.1) is 29.6 Å². The Morgan fingerprint density at radius 3 is 1.67 bits per heavy atom. The van der Waals surface area contributed by atoms with Crippen LogP contribution in [0.2, 0.25) is 0 Å². The van der Waals surface area contributed by atoms with E-state index in [1.807, 2.05) is 0 Å². The van der Waals surface area contributed by atoms with E-state index in [9.17, 15) is 0 Å². The van der Waals surface area contributed by atoms with Crippen molar-refractivity contribution in [2.45, 2.75) is 81.1 Å². The first-order chi connectivity index (χ1) is 9.70. The van der Waals surface area contributed by atoms with Gasteiger partial charge in [-0.2, -0.15) is 0 Å². The molecule has 0 aliphatic heterocycles. The highest BCUT2D eigenvalue weighted by Gasteiger charge is 2.27. The molecule has 122 valence electrons. The fourth-order valence-electron chi connectivity index (χ4n) is 3.61. The smallest absolute Gasteiger partial charge is 0.000890 e. The van der Waals surface area contributed by atoms with Gasteiger partial charge in [0.25, 0.3) is 0 Å². The van der Waals surface area contributed by atoms with Gasteiger partial charge in [0.1, 0.15) is 0 Å². The van der Waals surface area contributed by atoms with Crippen LogP contribution in [0.5, 0.6) is 0 Å². The molecule has 0 saturated carbocycles. The van der Waals surface area contributed by atoms with Crippen molar-refractivity contribution in [2.75, 3.05) is 0 Å². The van der Waals surface area contributed by atoms with Gasteiger partial charge in [-0.15, -0.1) is 0 Å². The molecule has 1 rings (SSSR count). The third-order valence-corrected chi connectivity index (χ3v) is 4.22. The van der Waals surface area contributed by atoms with Crippen molar-refractivity contribution < 1.29 is 0 Å². The lowest BCUT2D eigenvalue weighted by Crippen LogP contribution is -2.07. The molecule has 0 heterocycles. The Hall–Kier alpha value is -0.520. The molecule has 0 N–H and O–H groups in total. The molecular formula is C21H38. The van der Waals surface area contributed by atoms with Crippen molar-refractivity contribution in [3.63, 3.8) is 0 Å². The topological polar surface area (TPSA) is 0 Å². The zero-order valence-electron chi connectivity index (χ0n) is 15.8. The highest BCUT2D eigenvalue weighted by Crippen LogP contribution is 2.43. The first-order valence-electron chi connectivity index (χ1n) is 9.13. The minimum absolute atomic E-state index is 0.717. The van der Waals surface area contributed by atoms with Crippen LogP contribution in [0.4, 0.5) is 0 Å². The summed E-state index contributed by atoms with van der Waals surface area (Å²) in [6.07, 6.45) is 7.78. The summed E-state index contributed by atoms with van der Waals surface area (Å²) in [5, 5.41) is 0. The Bertz CT molecular complexity index is 377. The van der Waals surface area contributed by atoms with Crippen molar-refractivity contribution in [3.8, 4) is 0 Å². The van der Waals surface area contributed by atoms with Crippen LogP contribution in [-0.4, -0.2) is 0 Å². The summed E-state index contributed by atoms with van der Waals surface area (Å²) in [5.74, 6) is 3.79. The van der Waals surface area contributed by atoms with Crippen LogP contribution in [0.25, 0.3) is 0 Å². The number of hydrogen-bond donors (Lipinski definition) is 0. The Morgan fingerprint density at radius 1 is 0.714 bits per heavy atom. The minimum Gasteiger partial charge on any atom is -0.0738 e. The van der Waals surface area contributed by atoms with Crippen molar-refractivity contribution in [3.05, 3.63) is 22.8 Å². The zero-order valence-corrected chi connectivity index (χ0v) is 15.8. The summed E-state index contributed by atoms with van der Waals surface area (Å²) in [7, 11) is 0. The summed E-state index contributed by atoms with van der Waals surface area (Å²) in [5.41, 5.74) is 5.20. The largest absolute Gasteiger partial charge is 0.0738 e. The van der Waals surface area contributed by atoms with E-state index in [0.717, 1.165) is 29.6 Å². The first kappa shape index (κ1) is 18.5. The molecule has 0 spiro atoms. The normalized spacial score (nSPS) is 19.6. The maximum Gasteiger partial charge on any atom is -0.000890 e. The van der Waals surface area contributed by atoms with Gasteiger partial charge >= 0.3 is 0 Å². The third-order valence-electron chi connectivity index (χ3n) is 4.22. The van der Waals surface area contributed by atoms with E-state index in [-0.39, 0.29) is 0 Å². The maximum absolute atomic E-state index is 2.63. The van der Waals surface area contributed by atoms with Crippen LogP contribution in [0.15, 0.2) is 22.8 Å². The molecule has 1 atom stereocenters. The molecule has 0 aromatic carbocycles. The summed E-state index contributed by atoms with van der Waals surface area (Å²) < 4.78 is 0. The number of allylic oxidation sites excluding steroid dienone is 4. The Morgan fingerprint density at radius 2 is 1.24 bits per heavy atom. The van der Waals surface area contributed by atoms with Crippen molar-refractivity contribution in [1.29, 1.82) is 0 Å². The van der Waals surface area contributed by atoms with Gasteiger partial charge in [-0.1, -0.05) is 67.0 Å². The van der Waals surface area contributed by atoms with E-state index in [0.29, 0.717) is 0 Å². The monoisotopic (exact) mass is 290 g/mol. The first-order valence-corrected chi connectivity index (χ1v) is 9.13. The predicted octanol–water partition coefficient (Wildman–Crippen LogP) is 7.02. The quantitative estimate of drug-likeness (QED) is 0.450. The van der Waals surface area contributed by atoms with Crippen molar-refractivity contribution in [2.24, 2.45) is 29.6 Å². The van der Waals surface area contributed by atoms with Gasteiger partial charge in [-0.05, 0) is 66.4 Å². The van der Waals surface area contributed by atoms with Crippen LogP contribution in [-0.2, 0) is 0 Å². The zero-order chi connectivity index (χ0) is 16.2. The van der Waals surface area contributed by atoms with Gasteiger partial charge in [-0.25, -0.2) is 0 Å². The lowest BCUT2D eigenvalue weighted by atomic mass is 9.84. The fraction of sp³-hybridized carbons (Fsp3) is 0.810. The third kappa shape index (κ3) is 6.01. The molecule has 0 amide bonds. The van der Waals surface area contributed by atoms with Gasteiger partial charge in [-0.3, -0.25) is 0 Å². The van der Waals surface area contributed by atoms with Crippen molar-refractivity contribution >= 4 is 0 Å². The van der Waals surface area contributed by atoms with Gasteiger partial charge in [0.2, 0.25) is 0 Å². The second-order valence-electron chi connectivity index (χ2n) is 8.73. The molecule has 0 heteroatoms. The van der Waals surface area contributed by atoms with E-state index in [4.69, 9.17) is 0 Å². The number of rotatable bonds is 8. The molecular weight excluding hydrogens is 252 g/mol. The van der Waals surface area contributed by atoms with E-state index in [1.165, 1.54) is 25.7 Å². The minimum atomic E-state index is 0.717. The molecule has 0 aromatic heterocycles. The van der Waals surface area contributed by atoms with Gasteiger partial charge in [0, 0.05) is 0 Å². The summed E-state index contributed by atoms with van der Waals surface area (Å²) in [6, 6.07) is 0. The molecule has 1 unspecified atom stereocenters. The lowest BCUT2D eigenvalue weighted by molar-refractivity contribution is 0.489. The van der Waals surface area contributed by atoms with E-state index < -0.39 is 0 Å². The van der Waals surface area contributed by atoms with E-state index in [1.54, 1.807) is 16.7 Å². The summed E-state index contributed by atoms with van der Waals surface area (Å²) in [6.45, 7) is 18.9. The van der Waals surface area contributed by atoms with E-state index >= 15 is 0 Å². The average molecular weight is 291 g/mol. The fourth-order valence-corrected chi connectivity index (χ4v) is 3.61. The predicted molar refractivity (Wildman–Crippen MR) is 96.4 cm³/mol. The molecule has 0 radical (unpaired) electrons. The highest BCUT2D eigenvalue weighted by molar-refractivity contribution is 5.45. The summed E-state index contributed by atoms with van der Waals surface area (Å²) in [4.78, 5) is 0. The van der Waals surface area contributed by atoms with Gasteiger partial charge in [0.15, 0.2) is 0 Å². The van der Waals surface area contributed by atoms with Gasteiger partial charge in [0.05, 0.1) is 0 Å². The SMILES string of the molecule is CC(C)CC1=CC(CC(C)C)C(CC(C)C)=C1CC(C)C. The number of hydrogen-bond acceptors (Lipinski definition) is 0. The van der Waals surface area contributed by atoms with Crippen LogP contribution < -0.4 is 0 Å². The molecule has 0 fully saturated rings. The Balaban J connectivity index is 3.11. The molecule has 0 saturated heterocycles. The molecule has 0 bridgehead atoms. The molecule has 1 aliphatic carbocycles. The highest BCUT2D eigenvalue weighted by atomic mass is 14.3. The van der Waals surface area contributed by atoms with Crippen molar-refractivity contribution in [1.82, 2.24) is 0 Å². The second-order valence-corrected chi connectivity index (χ2v) is 8.73. The molecule has 0 aromatic rings. The van der Waals surface area contributed by atoms with Crippen LogP contribution in [0.1, 0.15) is 81.1 Å². The summed E-state index contributed by atoms with van der Waals surface area (Å²) >= 11 is 0. The standard InChI is InChI=1S/C21H38/c1-14(2)9-18-13-19(10-15(3)4)21(12-17(7)8)20(18)11-16(5)6/h13-18H,9-12H2,1-8H3. The second kappa shape index (κ2) is 8.20. The lowest BCUT2D eigenvalue weighted by Gasteiger charge is -2.21. The molecule has 1 aliphatic rings. The van der Waals surface area contributed by atoms with Crippen LogP contribution in [0.3, 0.4) is 0 Å². The van der Waals surface area contributed by atoms with Crippen LogP contribution >= 0.6 is 0 Å². The Labute approximate surface area is 134 Å². The van der Waals surface area contributed by atoms with Gasteiger partial charge < -0.3 is 0 Å². The maximum atomic E-state index is 2.63.